The lowest BCUT2D eigenvalue weighted by Crippen LogP contribution is -2.28. The summed E-state index contributed by atoms with van der Waals surface area (Å²) in [6.07, 6.45) is 0. The molecule has 0 atom stereocenters. The van der Waals surface area contributed by atoms with E-state index in [-0.39, 0.29) is 0 Å². The van der Waals surface area contributed by atoms with E-state index in [0.717, 1.165) is 66.5 Å². The highest BCUT2D eigenvalue weighted by Crippen LogP contribution is 2.56. The van der Waals surface area contributed by atoms with Gasteiger partial charge in [-0.1, -0.05) is 176 Å². The predicted molar refractivity (Wildman–Crippen MR) is 246 cm³/mol. The number of furan rings is 1. The number of nitrogens with zero attached hydrogens (tertiary/aromatic N) is 2. The third-order valence-corrected chi connectivity index (χ3v) is 12.4. The fraction of sp³-hybridized carbons (Fsp3) is 0.0175. The Bertz CT molecular complexity index is 3400. The van der Waals surface area contributed by atoms with Gasteiger partial charge in [0.2, 0.25) is 0 Å². The number of benzene rings is 9. The van der Waals surface area contributed by atoms with E-state index in [0.29, 0.717) is 5.82 Å². The summed E-state index contributed by atoms with van der Waals surface area (Å²) in [6, 6.07) is 78.2. The zero-order chi connectivity index (χ0) is 39.6. The van der Waals surface area contributed by atoms with Crippen LogP contribution in [0.4, 0.5) is 0 Å². The van der Waals surface area contributed by atoms with Crippen LogP contribution < -0.4 is 0 Å². The van der Waals surface area contributed by atoms with Gasteiger partial charge in [-0.15, -0.1) is 0 Å². The molecule has 12 rings (SSSR count). The van der Waals surface area contributed by atoms with E-state index in [2.05, 4.69) is 206 Å². The van der Waals surface area contributed by atoms with Crippen LogP contribution >= 0.6 is 0 Å². The molecular formula is C57H36N2O. The van der Waals surface area contributed by atoms with Crippen LogP contribution in [-0.2, 0) is 5.41 Å². The van der Waals surface area contributed by atoms with Gasteiger partial charge < -0.3 is 4.42 Å². The quantitative estimate of drug-likeness (QED) is 0.169. The van der Waals surface area contributed by atoms with Gasteiger partial charge in [-0.25, -0.2) is 9.97 Å². The molecule has 60 heavy (non-hydrogen) atoms. The first-order valence-corrected chi connectivity index (χ1v) is 20.5. The van der Waals surface area contributed by atoms with Crippen molar-refractivity contribution in [2.75, 3.05) is 0 Å². The monoisotopic (exact) mass is 764 g/mol. The number of aromatic nitrogens is 2. The van der Waals surface area contributed by atoms with Gasteiger partial charge in [0.1, 0.15) is 11.2 Å². The fourth-order valence-corrected chi connectivity index (χ4v) is 9.57. The van der Waals surface area contributed by atoms with Crippen molar-refractivity contribution in [1.82, 2.24) is 9.97 Å². The Morgan fingerprint density at radius 2 is 0.933 bits per heavy atom. The van der Waals surface area contributed by atoms with Crippen LogP contribution in [0.15, 0.2) is 223 Å². The normalized spacial score (nSPS) is 12.8. The minimum Gasteiger partial charge on any atom is -0.456 e. The number of hydrogen-bond acceptors (Lipinski definition) is 3. The third kappa shape index (κ3) is 5.37. The summed E-state index contributed by atoms with van der Waals surface area (Å²) >= 11 is 0. The standard InChI is InChI=1S/C57H36N2O/c1-3-18-44(19-4-1)57(45-20-5-2-6-21-45)50-24-11-9-22-46(50)47-30-28-42(35-51(47)57)53-36-52(58-56(59-53)43-27-26-37-14-7-8-15-38(37)33-43)41-17-13-16-39(32-41)40-29-31-55-49(34-40)48-23-10-12-25-54(48)60-55/h1-36H. The summed E-state index contributed by atoms with van der Waals surface area (Å²) in [4.78, 5) is 10.7. The average molecular weight is 765 g/mol. The molecule has 0 saturated carbocycles. The Labute approximate surface area is 347 Å². The fourth-order valence-electron chi connectivity index (χ4n) is 9.57. The first kappa shape index (κ1) is 34.2. The van der Waals surface area contributed by atoms with Crippen LogP contribution in [0, 0.1) is 0 Å². The summed E-state index contributed by atoms with van der Waals surface area (Å²) in [5.74, 6) is 0.686. The largest absolute Gasteiger partial charge is 0.456 e. The van der Waals surface area contributed by atoms with Crippen LogP contribution in [0.2, 0.25) is 0 Å². The van der Waals surface area contributed by atoms with Gasteiger partial charge in [0.15, 0.2) is 5.82 Å². The van der Waals surface area contributed by atoms with Crippen molar-refractivity contribution in [3.63, 3.8) is 0 Å². The Morgan fingerprint density at radius 3 is 1.75 bits per heavy atom. The molecule has 0 N–H and O–H groups in total. The number of hydrogen-bond donors (Lipinski definition) is 0. The summed E-state index contributed by atoms with van der Waals surface area (Å²) < 4.78 is 6.17. The molecule has 0 amide bonds. The van der Waals surface area contributed by atoms with Gasteiger partial charge in [0.05, 0.1) is 16.8 Å². The molecule has 0 unspecified atom stereocenters. The van der Waals surface area contributed by atoms with Crippen LogP contribution in [0.25, 0.3) is 88.9 Å². The van der Waals surface area contributed by atoms with Crippen molar-refractivity contribution in [2.45, 2.75) is 5.41 Å². The summed E-state index contributed by atoms with van der Waals surface area (Å²) in [5.41, 5.74) is 15.8. The average Bonchev–Trinajstić information content (AvgIpc) is 3.85. The van der Waals surface area contributed by atoms with Crippen molar-refractivity contribution in [1.29, 1.82) is 0 Å². The van der Waals surface area contributed by atoms with Crippen LogP contribution in [0.3, 0.4) is 0 Å². The molecule has 0 fully saturated rings. The minimum atomic E-state index is -0.517. The van der Waals surface area contributed by atoms with Gasteiger partial charge in [-0.05, 0) is 97.7 Å². The van der Waals surface area contributed by atoms with Gasteiger partial charge in [0, 0.05) is 27.5 Å². The molecule has 280 valence electrons. The first-order valence-electron chi connectivity index (χ1n) is 20.5. The van der Waals surface area contributed by atoms with E-state index in [1.54, 1.807) is 0 Å². The minimum absolute atomic E-state index is 0.517. The smallest absolute Gasteiger partial charge is 0.160 e. The zero-order valence-electron chi connectivity index (χ0n) is 32.6. The molecule has 0 radical (unpaired) electrons. The Hall–Kier alpha value is -7.88. The Balaban J connectivity index is 1.06. The summed E-state index contributed by atoms with van der Waals surface area (Å²) in [7, 11) is 0. The lowest BCUT2D eigenvalue weighted by atomic mass is 9.67. The zero-order valence-corrected chi connectivity index (χ0v) is 32.6. The van der Waals surface area contributed by atoms with E-state index < -0.39 is 5.41 Å². The maximum absolute atomic E-state index is 6.17. The van der Waals surface area contributed by atoms with Crippen molar-refractivity contribution in [2.24, 2.45) is 0 Å². The molecule has 1 aliphatic carbocycles. The SMILES string of the molecule is c1ccc(C2(c3ccccc3)c3ccccc3-c3ccc(-c4cc(-c5cccc(-c6ccc7oc8ccccc8c7c6)c5)nc(-c5ccc6ccccc6c5)n4)cc32)cc1. The van der Waals surface area contributed by atoms with E-state index in [4.69, 9.17) is 14.4 Å². The molecule has 0 spiro atoms. The van der Waals surface area contributed by atoms with Gasteiger partial charge in [0.25, 0.3) is 0 Å². The van der Waals surface area contributed by atoms with Crippen molar-refractivity contribution in [3.8, 4) is 56.2 Å². The maximum atomic E-state index is 6.17. The summed E-state index contributed by atoms with van der Waals surface area (Å²) in [5, 5.41) is 4.56. The molecule has 2 heterocycles. The van der Waals surface area contributed by atoms with Crippen molar-refractivity contribution >= 4 is 32.7 Å². The van der Waals surface area contributed by atoms with E-state index in [1.807, 2.05) is 12.1 Å². The molecular weight excluding hydrogens is 729 g/mol. The maximum Gasteiger partial charge on any atom is 0.160 e. The molecule has 3 heteroatoms. The lowest BCUT2D eigenvalue weighted by Gasteiger charge is -2.34. The van der Waals surface area contributed by atoms with Crippen LogP contribution in [0.5, 0.6) is 0 Å². The first-order chi connectivity index (χ1) is 29.7. The number of para-hydroxylation sites is 1. The third-order valence-electron chi connectivity index (χ3n) is 12.4. The molecule has 9 aromatic carbocycles. The topological polar surface area (TPSA) is 38.9 Å². The van der Waals surface area contributed by atoms with Gasteiger partial charge in [-0.3, -0.25) is 0 Å². The highest BCUT2D eigenvalue weighted by atomic mass is 16.3. The highest BCUT2D eigenvalue weighted by Gasteiger charge is 2.46. The highest BCUT2D eigenvalue weighted by molar-refractivity contribution is 6.06. The number of rotatable bonds is 6. The molecule has 0 saturated heterocycles. The summed E-state index contributed by atoms with van der Waals surface area (Å²) in [6.45, 7) is 0. The molecule has 11 aromatic rings. The predicted octanol–water partition coefficient (Wildman–Crippen LogP) is 14.6. The molecule has 3 nitrogen and oxygen atoms in total. The van der Waals surface area contributed by atoms with Crippen molar-refractivity contribution < 1.29 is 4.42 Å². The van der Waals surface area contributed by atoms with E-state index in [9.17, 15) is 0 Å². The second-order valence-electron chi connectivity index (χ2n) is 15.7. The molecule has 0 bridgehead atoms. The second-order valence-corrected chi connectivity index (χ2v) is 15.7. The Kier molecular flexibility index (Phi) is 7.76. The van der Waals surface area contributed by atoms with Crippen LogP contribution in [-0.4, -0.2) is 9.97 Å². The van der Waals surface area contributed by atoms with Crippen LogP contribution in [0.1, 0.15) is 22.3 Å². The molecule has 2 aromatic heterocycles. The number of fused-ring (bicyclic) bond motifs is 7. The van der Waals surface area contributed by atoms with Crippen molar-refractivity contribution in [3.05, 3.63) is 241 Å². The lowest BCUT2D eigenvalue weighted by molar-refractivity contribution is 0.669. The van der Waals surface area contributed by atoms with Gasteiger partial charge >= 0.3 is 0 Å². The van der Waals surface area contributed by atoms with E-state index >= 15 is 0 Å². The van der Waals surface area contributed by atoms with E-state index in [1.165, 1.54) is 38.8 Å². The Morgan fingerprint density at radius 1 is 0.333 bits per heavy atom. The second kappa shape index (κ2) is 13.6. The molecule has 0 aliphatic heterocycles. The molecule has 1 aliphatic rings. The van der Waals surface area contributed by atoms with Gasteiger partial charge in [-0.2, -0.15) is 0 Å².